The lowest BCUT2D eigenvalue weighted by atomic mass is 10.1. The maximum absolute atomic E-state index is 13.0. The number of alkyl halides is 3. The quantitative estimate of drug-likeness (QED) is 0.713. The van der Waals surface area contributed by atoms with E-state index in [1.165, 1.54) is 24.3 Å². The minimum absolute atomic E-state index is 0.0480. The molecule has 0 aliphatic heterocycles. The number of nitrogens with one attached hydrogen (secondary N) is 1. The molecule has 0 saturated heterocycles. The van der Waals surface area contributed by atoms with E-state index in [1.54, 1.807) is 0 Å². The maximum atomic E-state index is 13.0. The zero-order valence-corrected chi connectivity index (χ0v) is 12.0. The molecule has 0 fully saturated rings. The first-order valence-corrected chi connectivity index (χ1v) is 6.79. The first kappa shape index (κ1) is 16.1. The molecule has 0 bridgehead atoms. The zero-order chi connectivity index (χ0) is 17.3. The van der Waals surface area contributed by atoms with Gasteiger partial charge in [-0.05, 0) is 17.7 Å². The predicted octanol–water partition coefficient (Wildman–Crippen LogP) is 2.43. The lowest BCUT2D eigenvalue weighted by molar-refractivity contribution is -0.141. The molecule has 0 spiro atoms. The zero-order valence-electron chi connectivity index (χ0n) is 12.0. The lowest BCUT2D eigenvalue weighted by Gasteiger charge is -2.19. The van der Waals surface area contributed by atoms with Crippen molar-refractivity contribution < 1.29 is 22.7 Å². The number of nitrogens with zero attached hydrogens (tertiary/aromatic N) is 4. The van der Waals surface area contributed by atoms with Gasteiger partial charge in [0.05, 0.1) is 12.6 Å². The summed E-state index contributed by atoms with van der Waals surface area (Å²) in [5, 5.41) is 16.1. The van der Waals surface area contributed by atoms with E-state index in [4.69, 9.17) is 0 Å². The van der Waals surface area contributed by atoms with Crippen molar-refractivity contribution in [1.82, 2.24) is 19.6 Å². The van der Waals surface area contributed by atoms with E-state index in [1.807, 2.05) is 0 Å². The molecule has 1 aromatic carbocycles. The molecular formula is C14H11F4N5O. The van der Waals surface area contributed by atoms with Gasteiger partial charge in [0.25, 0.3) is 5.78 Å². The normalized spacial score (nSPS) is 13.2. The molecule has 0 aliphatic carbocycles. The van der Waals surface area contributed by atoms with Crippen LogP contribution in [0.5, 0.6) is 0 Å². The number of fused-ring (bicyclic) bond motifs is 1. The van der Waals surface area contributed by atoms with Crippen LogP contribution >= 0.6 is 0 Å². The van der Waals surface area contributed by atoms with Gasteiger partial charge >= 0.3 is 6.18 Å². The second-order valence-electron chi connectivity index (χ2n) is 4.93. The van der Waals surface area contributed by atoms with E-state index in [0.717, 1.165) is 16.9 Å². The van der Waals surface area contributed by atoms with Crippen LogP contribution in [0.25, 0.3) is 5.78 Å². The summed E-state index contributed by atoms with van der Waals surface area (Å²) in [5.74, 6) is -0.742. The molecule has 1 atom stereocenters. The fourth-order valence-corrected chi connectivity index (χ4v) is 2.17. The van der Waals surface area contributed by atoms with Crippen LogP contribution in [0.3, 0.4) is 0 Å². The van der Waals surface area contributed by atoms with Crippen LogP contribution in [-0.4, -0.2) is 31.3 Å². The summed E-state index contributed by atoms with van der Waals surface area (Å²) in [4.78, 5) is 7.06. The number of rotatable bonds is 4. The highest BCUT2D eigenvalue weighted by molar-refractivity contribution is 5.47. The van der Waals surface area contributed by atoms with Crippen LogP contribution in [0.2, 0.25) is 0 Å². The number of aliphatic hydroxyl groups is 1. The van der Waals surface area contributed by atoms with Crippen molar-refractivity contribution in [2.24, 2.45) is 0 Å². The molecule has 126 valence electrons. The number of aliphatic hydroxyl groups excluding tert-OH is 1. The average Bonchev–Trinajstić information content (AvgIpc) is 3.01. The van der Waals surface area contributed by atoms with Gasteiger partial charge in [-0.2, -0.15) is 27.8 Å². The van der Waals surface area contributed by atoms with Gasteiger partial charge < -0.3 is 10.4 Å². The Morgan fingerprint density at radius 3 is 2.54 bits per heavy atom. The first-order chi connectivity index (χ1) is 11.4. The van der Waals surface area contributed by atoms with Crippen molar-refractivity contribution in [3.63, 3.8) is 0 Å². The number of halogens is 4. The van der Waals surface area contributed by atoms with Crippen molar-refractivity contribution in [3.05, 3.63) is 53.7 Å². The summed E-state index contributed by atoms with van der Waals surface area (Å²) < 4.78 is 52.9. The van der Waals surface area contributed by atoms with Gasteiger partial charge in [-0.1, -0.05) is 12.1 Å². The van der Waals surface area contributed by atoms with Crippen LogP contribution in [0.4, 0.5) is 23.4 Å². The van der Waals surface area contributed by atoms with E-state index in [2.05, 4.69) is 20.4 Å². The third-order valence-corrected chi connectivity index (χ3v) is 3.32. The monoisotopic (exact) mass is 341 g/mol. The summed E-state index contributed by atoms with van der Waals surface area (Å²) in [7, 11) is 0. The molecule has 6 nitrogen and oxygen atoms in total. The Hall–Kier alpha value is -2.75. The van der Waals surface area contributed by atoms with Crippen molar-refractivity contribution in [2.45, 2.75) is 12.2 Å². The van der Waals surface area contributed by atoms with Crippen molar-refractivity contribution in [1.29, 1.82) is 0 Å². The molecule has 2 heterocycles. The molecule has 0 amide bonds. The SMILES string of the molecule is OC[C@H](Nc1cc(C(F)(F)F)nc2ncnn12)c1ccc(F)cc1. The standard InChI is InChI=1S/C14H11F4N5O/c15-9-3-1-8(2-4-9)10(6-24)21-12-5-11(14(16,17)18)22-13-19-7-20-23(12)13/h1-5,7,10,21,24H,6H2/t10-/m0/s1. The van der Waals surface area contributed by atoms with Crippen molar-refractivity contribution >= 4 is 11.6 Å². The molecule has 0 saturated carbocycles. The van der Waals surface area contributed by atoms with Gasteiger partial charge in [-0.25, -0.2) is 9.37 Å². The van der Waals surface area contributed by atoms with Gasteiger partial charge in [0.2, 0.25) is 0 Å². The molecule has 0 unspecified atom stereocenters. The minimum atomic E-state index is -4.66. The third kappa shape index (κ3) is 3.13. The molecule has 3 rings (SSSR count). The second-order valence-corrected chi connectivity index (χ2v) is 4.93. The fourth-order valence-electron chi connectivity index (χ4n) is 2.17. The summed E-state index contributed by atoms with van der Waals surface area (Å²) in [6.07, 6.45) is -3.59. The topological polar surface area (TPSA) is 75.3 Å². The summed E-state index contributed by atoms with van der Waals surface area (Å²) in [6.45, 7) is -0.425. The van der Waals surface area contributed by atoms with Crippen LogP contribution < -0.4 is 5.32 Å². The van der Waals surface area contributed by atoms with E-state index in [-0.39, 0.29) is 11.6 Å². The van der Waals surface area contributed by atoms with E-state index >= 15 is 0 Å². The van der Waals surface area contributed by atoms with Gasteiger partial charge in [-0.3, -0.25) is 0 Å². The number of anilines is 1. The third-order valence-electron chi connectivity index (χ3n) is 3.32. The van der Waals surface area contributed by atoms with Gasteiger partial charge in [0, 0.05) is 6.07 Å². The van der Waals surface area contributed by atoms with E-state index in [9.17, 15) is 22.7 Å². The largest absolute Gasteiger partial charge is 0.433 e. The highest BCUT2D eigenvalue weighted by Crippen LogP contribution is 2.30. The molecule has 10 heteroatoms. The number of hydrogen-bond acceptors (Lipinski definition) is 5. The Labute approximate surface area is 132 Å². The highest BCUT2D eigenvalue weighted by atomic mass is 19.4. The molecule has 0 radical (unpaired) electrons. The van der Waals surface area contributed by atoms with Gasteiger partial charge in [0.1, 0.15) is 18.0 Å². The first-order valence-electron chi connectivity index (χ1n) is 6.79. The van der Waals surface area contributed by atoms with Crippen LogP contribution in [0.15, 0.2) is 36.7 Å². The molecule has 3 aromatic rings. The van der Waals surface area contributed by atoms with Crippen LogP contribution in [-0.2, 0) is 6.18 Å². The molecule has 2 aromatic heterocycles. The molecule has 24 heavy (non-hydrogen) atoms. The predicted molar refractivity (Wildman–Crippen MR) is 75.6 cm³/mol. The van der Waals surface area contributed by atoms with Gasteiger partial charge in [0.15, 0.2) is 5.69 Å². The van der Waals surface area contributed by atoms with E-state index in [0.29, 0.717) is 5.56 Å². The minimum Gasteiger partial charge on any atom is -0.394 e. The average molecular weight is 341 g/mol. The molecule has 0 aliphatic rings. The Kier molecular flexibility index (Phi) is 4.06. The maximum Gasteiger partial charge on any atom is 0.433 e. The number of benzene rings is 1. The second kappa shape index (κ2) is 6.04. The van der Waals surface area contributed by atoms with E-state index < -0.39 is 30.3 Å². The highest BCUT2D eigenvalue weighted by Gasteiger charge is 2.34. The van der Waals surface area contributed by atoms with Crippen molar-refractivity contribution in [3.8, 4) is 0 Å². The van der Waals surface area contributed by atoms with Crippen LogP contribution in [0, 0.1) is 5.82 Å². The Bertz CT molecular complexity index is 846. The Morgan fingerprint density at radius 1 is 1.21 bits per heavy atom. The van der Waals surface area contributed by atoms with Gasteiger partial charge in [-0.15, -0.1) is 0 Å². The summed E-state index contributed by atoms with van der Waals surface area (Å²) in [5.41, 5.74) is -0.640. The number of aromatic nitrogens is 4. The molecule has 2 N–H and O–H groups in total. The number of hydrogen-bond donors (Lipinski definition) is 2. The van der Waals surface area contributed by atoms with Crippen LogP contribution in [0.1, 0.15) is 17.3 Å². The Balaban J connectivity index is 2.01. The smallest absolute Gasteiger partial charge is 0.394 e. The Morgan fingerprint density at radius 2 is 1.92 bits per heavy atom. The summed E-state index contributed by atoms with van der Waals surface area (Å²) in [6, 6.07) is 5.24. The fraction of sp³-hybridized carbons (Fsp3) is 0.214. The van der Waals surface area contributed by atoms with Crippen molar-refractivity contribution in [2.75, 3.05) is 11.9 Å². The summed E-state index contributed by atoms with van der Waals surface area (Å²) >= 11 is 0. The molecular weight excluding hydrogens is 330 g/mol. The lowest BCUT2D eigenvalue weighted by Crippen LogP contribution is -2.19.